The molecule has 15 heavy (non-hydrogen) atoms. The van der Waals surface area contributed by atoms with Crippen LogP contribution in [0, 0.1) is 5.41 Å². The second-order valence-electron chi connectivity index (χ2n) is 5.56. The molecule has 1 rings (SSSR count). The van der Waals surface area contributed by atoms with Crippen LogP contribution in [0.5, 0.6) is 0 Å². The lowest BCUT2D eigenvalue weighted by atomic mass is 9.90. The molecule has 0 radical (unpaired) electrons. The second-order valence-corrected chi connectivity index (χ2v) is 5.56. The smallest absolute Gasteiger partial charge is 0.204 e. The Labute approximate surface area is 93.1 Å². The molecule has 0 aromatic carbocycles. The van der Waals surface area contributed by atoms with Crippen molar-refractivity contribution in [2.24, 2.45) is 12.5 Å². The maximum Gasteiger partial charge on any atom is 0.204 e. The average molecular weight is 209 g/mol. The van der Waals surface area contributed by atoms with E-state index in [2.05, 4.69) is 37.4 Å². The molecule has 0 saturated heterocycles. The topological polar surface area (TPSA) is 21.1 Å². The molecule has 3 heteroatoms. The summed E-state index contributed by atoms with van der Waals surface area (Å²) in [6.45, 7) is 6.82. The van der Waals surface area contributed by atoms with E-state index in [1.807, 2.05) is 25.2 Å². The summed E-state index contributed by atoms with van der Waals surface area (Å²) in [4.78, 5) is 6.45. The number of hydrogen-bond donors (Lipinski definition) is 0. The van der Waals surface area contributed by atoms with E-state index in [-0.39, 0.29) is 0 Å². The normalized spacial score (nSPS) is 11.9. The summed E-state index contributed by atoms with van der Waals surface area (Å²) < 4.78 is 2.17. The third kappa shape index (κ3) is 3.26. The summed E-state index contributed by atoms with van der Waals surface area (Å²) in [6, 6.07) is 0. The highest BCUT2D eigenvalue weighted by Gasteiger charge is 2.13. The molecule has 0 aliphatic rings. The molecule has 1 heterocycles. The Balaban J connectivity index is 2.71. The van der Waals surface area contributed by atoms with Crippen LogP contribution in [0.25, 0.3) is 0 Å². The van der Waals surface area contributed by atoms with Gasteiger partial charge in [-0.25, -0.2) is 4.98 Å². The molecule has 0 fully saturated rings. The molecule has 3 nitrogen and oxygen atoms in total. The predicted octanol–water partition coefficient (Wildman–Crippen LogP) is 2.46. The van der Waals surface area contributed by atoms with E-state index in [4.69, 9.17) is 0 Å². The Kier molecular flexibility index (Phi) is 3.42. The SMILES string of the molecule is CN(C)c1ncc(CCC(C)(C)C)n1C. The van der Waals surface area contributed by atoms with Crippen LogP contribution in [0.3, 0.4) is 0 Å². The van der Waals surface area contributed by atoms with Crippen molar-refractivity contribution in [3.63, 3.8) is 0 Å². The number of anilines is 1. The minimum atomic E-state index is 0.391. The van der Waals surface area contributed by atoms with Crippen LogP contribution in [0.2, 0.25) is 0 Å². The van der Waals surface area contributed by atoms with Crippen LogP contribution in [-0.2, 0) is 13.5 Å². The molecule has 0 N–H and O–H groups in total. The van der Waals surface area contributed by atoms with Gasteiger partial charge in [-0.1, -0.05) is 20.8 Å². The summed E-state index contributed by atoms with van der Waals surface area (Å²) in [5, 5.41) is 0. The van der Waals surface area contributed by atoms with E-state index in [0.29, 0.717) is 5.41 Å². The zero-order valence-electron chi connectivity index (χ0n) is 10.8. The first-order chi connectivity index (χ1) is 6.81. The van der Waals surface area contributed by atoms with Crippen molar-refractivity contribution in [2.75, 3.05) is 19.0 Å². The van der Waals surface area contributed by atoms with Crippen molar-refractivity contribution < 1.29 is 0 Å². The molecule has 0 atom stereocenters. The van der Waals surface area contributed by atoms with Gasteiger partial charge in [-0.2, -0.15) is 0 Å². The lowest BCUT2D eigenvalue weighted by Gasteiger charge is -2.18. The number of nitrogens with zero attached hydrogens (tertiary/aromatic N) is 3. The molecule has 1 aromatic rings. The van der Waals surface area contributed by atoms with Crippen molar-refractivity contribution in [1.82, 2.24) is 9.55 Å². The number of aryl methyl sites for hydroxylation is 1. The Morgan fingerprint density at radius 2 is 1.93 bits per heavy atom. The summed E-state index contributed by atoms with van der Waals surface area (Å²) in [5.74, 6) is 1.03. The van der Waals surface area contributed by atoms with Gasteiger partial charge in [0.15, 0.2) is 0 Å². The fraction of sp³-hybridized carbons (Fsp3) is 0.750. The van der Waals surface area contributed by atoms with Crippen molar-refractivity contribution in [3.8, 4) is 0 Å². The molecule has 0 aliphatic carbocycles. The van der Waals surface area contributed by atoms with Crippen LogP contribution in [0.4, 0.5) is 5.95 Å². The molecule has 0 amide bonds. The maximum absolute atomic E-state index is 4.40. The quantitative estimate of drug-likeness (QED) is 0.762. The molecule has 86 valence electrons. The molecule has 1 aromatic heterocycles. The van der Waals surface area contributed by atoms with Crippen molar-refractivity contribution in [2.45, 2.75) is 33.6 Å². The van der Waals surface area contributed by atoms with E-state index >= 15 is 0 Å². The standard InChI is InChI=1S/C12H23N3/c1-12(2,3)8-7-10-9-13-11(14(4)5)15(10)6/h9H,7-8H2,1-6H3. The van der Waals surface area contributed by atoms with Gasteiger partial charge in [0, 0.05) is 26.8 Å². The Hall–Kier alpha value is -0.990. The van der Waals surface area contributed by atoms with Crippen LogP contribution in [-0.4, -0.2) is 23.6 Å². The Morgan fingerprint density at radius 1 is 1.33 bits per heavy atom. The van der Waals surface area contributed by atoms with Crippen LogP contribution in [0.1, 0.15) is 32.9 Å². The lowest BCUT2D eigenvalue weighted by molar-refractivity contribution is 0.375. The van der Waals surface area contributed by atoms with E-state index < -0.39 is 0 Å². The van der Waals surface area contributed by atoms with Crippen LogP contribution in [0.15, 0.2) is 6.20 Å². The maximum atomic E-state index is 4.40. The van der Waals surface area contributed by atoms with Gasteiger partial charge in [0.05, 0.1) is 6.20 Å². The fourth-order valence-electron chi connectivity index (χ4n) is 1.58. The first-order valence-electron chi connectivity index (χ1n) is 5.49. The van der Waals surface area contributed by atoms with Gasteiger partial charge in [0.1, 0.15) is 0 Å². The van der Waals surface area contributed by atoms with Crippen molar-refractivity contribution >= 4 is 5.95 Å². The third-order valence-corrected chi connectivity index (χ3v) is 2.59. The second kappa shape index (κ2) is 4.25. The van der Waals surface area contributed by atoms with E-state index in [1.165, 1.54) is 12.1 Å². The molecule has 0 spiro atoms. The molecule has 0 unspecified atom stereocenters. The average Bonchev–Trinajstić information content (AvgIpc) is 2.42. The fourth-order valence-corrected chi connectivity index (χ4v) is 1.58. The minimum Gasteiger partial charge on any atom is -0.348 e. The third-order valence-electron chi connectivity index (χ3n) is 2.59. The van der Waals surface area contributed by atoms with E-state index in [1.54, 1.807) is 0 Å². The zero-order chi connectivity index (χ0) is 11.6. The van der Waals surface area contributed by atoms with Gasteiger partial charge in [-0.3, -0.25) is 0 Å². The van der Waals surface area contributed by atoms with E-state index in [9.17, 15) is 0 Å². The number of aromatic nitrogens is 2. The molecule has 0 bridgehead atoms. The summed E-state index contributed by atoms with van der Waals surface area (Å²) in [6.07, 6.45) is 4.28. The Morgan fingerprint density at radius 3 is 2.33 bits per heavy atom. The first kappa shape index (κ1) is 12.1. The van der Waals surface area contributed by atoms with Crippen molar-refractivity contribution in [3.05, 3.63) is 11.9 Å². The molecular weight excluding hydrogens is 186 g/mol. The zero-order valence-corrected chi connectivity index (χ0v) is 10.8. The predicted molar refractivity (Wildman–Crippen MR) is 65.3 cm³/mol. The van der Waals surface area contributed by atoms with E-state index in [0.717, 1.165) is 12.4 Å². The highest BCUT2D eigenvalue weighted by Crippen LogP contribution is 2.22. The monoisotopic (exact) mass is 209 g/mol. The largest absolute Gasteiger partial charge is 0.348 e. The number of hydrogen-bond acceptors (Lipinski definition) is 2. The first-order valence-corrected chi connectivity index (χ1v) is 5.49. The van der Waals surface area contributed by atoms with Gasteiger partial charge < -0.3 is 9.47 Å². The molecule has 0 saturated carbocycles. The van der Waals surface area contributed by atoms with Gasteiger partial charge in [0.25, 0.3) is 0 Å². The van der Waals surface area contributed by atoms with Crippen LogP contribution < -0.4 is 4.90 Å². The van der Waals surface area contributed by atoms with Crippen molar-refractivity contribution in [1.29, 1.82) is 0 Å². The molecule has 0 aliphatic heterocycles. The van der Waals surface area contributed by atoms with Crippen LogP contribution >= 0.6 is 0 Å². The summed E-state index contributed by atoms with van der Waals surface area (Å²) in [7, 11) is 6.13. The van der Waals surface area contributed by atoms with Gasteiger partial charge in [-0.05, 0) is 18.3 Å². The highest BCUT2D eigenvalue weighted by molar-refractivity contribution is 5.30. The Bertz CT molecular complexity index is 318. The number of imidazole rings is 1. The minimum absolute atomic E-state index is 0.391. The molecular formula is C12H23N3. The summed E-state index contributed by atoms with van der Waals surface area (Å²) in [5.41, 5.74) is 1.70. The highest BCUT2D eigenvalue weighted by atomic mass is 15.3. The van der Waals surface area contributed by atoms with Gasteiger partial charge in [0.2, 0.25) is 5.95 Å². The lowest BCUT2D eigenvalue weighted by Crippen LogP contribution is -2.15. The van der Waals surface area contributed by atoms with Gasteiger partial charge in [-0.15, -0.1) is 0 Å². The summed E-state index contributed by atoms with van der Waals surface area (Å²) >= 11 is 0. The van der Waals surface area contributed by atoms with Gasteiger partial charge >= 0.3 is 0 Å². The number of rotatable bonds is 3.